The number of nitrogens with zero attached hydrogens (tertiary/aromatic N) is 2. The third-order valence-corrected chi connectivity index (χ3v) is 3.04. The van der Waals surface area contributed by atoms with Crippen LogP contribution in [0.1, 0.15) is 6.92 Å². The van der Waals surface area contributed by atoms with E-state index in [1.165, 1.54) is 15.5 Å². The number of carbonyl (C=O) groups excluding carboxylic acids is 1. The number of likely N-dealkylation sites (N-methyl/N-ethyl adjacent to an activating group) is 1. The maximum absolute atomic E-state index is 11.8. The van der Waals surface area contributed by atoms with Crippen molar-refractivity contribution in [2.45, 2.75) is 19.5 Å². The maximum Gasteiger partial charge on any atom is 0.251 e. The van der Waals surface area contributed by atoms with E-state index in [-0.39, 0.29) is 30.7 Å². The molecule has 0 aliphatic carbocycles. The molecule has 0 fully saturated rings. The normalized spacial score (nSPS) is 12.2. The van der Waals surface area contributed by atoms with Crippen molar-refractivity contribution in [1.29, 1.82) is 0 Å². The standard InChI is InChI=1S/C11H15BrN2O3/c1-8(7-15)13(2)11(17)6-14-5-9(12)3-4-10(14)16/h3-5,8,15H,6-7H2,1-2H3. The average molecular weight is 303 g/mol. The molecule has 0 aromatic carbocycles. The molecule has 0 bridgehead atoms. The van der Waals surface area contributed by atoms with Crippen LogP contribution < -0.4 is 5.56 Å². The van der Waals surface area contributed by atoms with Crippen molar-refractivity contribution in [3.8, 4) is 0 Å². The number of amides is 1. The maximum atomic E-state index is 11.8. The van der Waals surface area contributed by atoms with Gasteiger partial charge in [-0.1, -0.05) is 0 Å². The minimum Gasteiger partial charge on any atom is -0.394 e. The van der Waals surface area contributed by atoms with Crippen LogP contribution in [0, 0.1) is 0 Å². The van der Waals surface area contributed by atoms with Gasteiger partial charge in [-0.05, 0) is 28.9 Å². The van der Waals surface area contributed by atoms with Gasteiger partial charge in [-0.25, -0.2) is 0 Å². The minimum absolute atomic E-state index is 0.0287. The molecule has 5 nitrogen and oxygen atoms in total. The number of hydrogen-bond donors (Lipinski definition) is 1. The Morgan fingerprint density at radius 2 is 2.24 bits per heavy atom. The molecule has 1 N–H and O–H groups in total. The molecule has 1 rings (SSSR count). The van der Waals surface area contributed by atoms with Gasteiger partial charge in [0.1, 0.15) is 6.54 Å². The topological polar surface area (TPSA) is 62.5 Å². The van der Waals surface area contributed by atoms with E-state index in [4.69, 9.17) is 5.11 Å². The molecule has 6 heteroatoms. The molecule has 0 saturated carbocycles. The van der Waals surface area contributed by atoms with E-state index >= 15 is 0 Å². The number of pyridine rings is 1. The summed E-state index contributed by atoms with van der Waals surface area (Å²) in [7, 11) is 1.60. The van der Waals surface area contributed by atoms with Gasteiger partial charge in [-0.2, -0.15) is 0 Å². The molecule has 1 amide bonds. The lowest BCUT2D eigenvalue weighted by Crippen LogP contribution is -2.40. The summed E-state index contributed by atoms with van der Waals surface area (Å²) in [6.07, 6.45) is 1.57. The first kappa shape index (κ1) is 13.9. The van der Waals surface area contributed by atoms with Crippen molar-refractivity contribution < 1.29 is 9.90 Å². The first-order valence-corrected chi connectivity index (χ1v) is 5.97. The molecule has 0 radical (unpaired) electrons. The lowest BCUT2D eigenvalue weighted by Gasteiger charge is -2.23. The lowest BCUT2D eigenvalue weighted by atomic mass is 10.3. The van der Waals surface area contributed by atoms with E-state index in [1.54, 1.807) is 26.2 Å². The van der Waals surface area contributed by atoms with Crippen LogP contribution in [-0.2, 0) is 11.3 Å². The van der Waals surface area contributed by atoms with Gasteiger partial charge in [0.2, 0.25) is 5.91 Å². The highest BCUT2D eigenvalue weighted by Gasteiger charge is 2.15. The largest absolute Gasteiger partial charge is 0.394 e. The fourth-order valence-electron chi connectivity index (χ4n) is 1.25. The summed E-state index contributed by atoms with van der Waals surface area (Å²) < 4.78 is 2.07. The predicted octanol–water partition coefficient (Wildman–Crippen LogP) is 0.450. The van der Waals surface area contributed by atoms with Crippen LogP contribution in [0.25, 0.3) is 0 Å². The molecule has 1 atom stereocenters. The zero-order valence-electron chi connectivity index (χ0n) is 9.76. The minimum atomic E-state index is -0.259. The van der Waals surface area contributed by atoms with Gasteiger partial charge in [-0.15, -0.1) is 0 Å². The summed E-state index contributed by atoms with van der Waals surface area (Å²) in [4.78, 5) is 24.7. The molecule has 94 valence electrons. The summed E-state index contributed by atoms with van der Waals surface area (Å²) in [6, 6.07) is 2.77. The number of rotatable bonds is 4. The molecule has 0 saturated heterocycles. The number of halogens is 1. The smallest absolute Gasteiger partial charge is 0.251 e. The fraction of sp³-hybridized carbons (Fsp3) is 0.455. The molecule has 1 aromatic rings. The Morgan fingerprint density at radius 1 is 1.59 bits per heavy atom. The van der Waals surface area contributed by atoms with Crippen molar-refractivity contribution in [3.63, 3.8) is 0 Å². The van der Waals surface area contributed by atoms with E-state index in [9.17, 15) is 9.59 Å². The van der Waals surface area contributed by atoms with Gasteiger partial charge in [0.25, 0.3) is 5.56 Å². The van der Waals surface area contributed by atoms with Gasteiger partial charge in [0, 0.05) is 23.8 Å². The third-order valence-electron chi connectivity index (χ3n) is 2.57. The van der Waals surface area contributed by atoms with Gasteiger partial charge in [-0.3, -0.25) is 9.59 Å². The quantitative estimate of drug-likeness (QED) is 0.878. The predicted molar refractivity (Wildman–Crippen MR) is 67.7 cm³/mol. The molecule has 17 heavy (non-hydrogen) atoms. The SMILES string of the molecule is CC(CO)N(C)C(=O)Cn1cc(Br)ccc1=O. The zero-order valence-corrected chi connectivity index (χ0v) is 11.3. The molecule has 1 unspecified atom stereocenters. The number of aliphatic hydroxyl groups excluding tert-OH is 1. The van der Waals surface area contributed by atoms with Crippen molar-refractivity contribution in [2.75, 3.05) is 13.7 Å². The van der Waals surface area contributed by atoms with Crippen molar-refractivity contribution >= 4 is 21.8 Å². The number of aliphatic hydroxyl groups is 1. The van der Waals surface area contributed by atoms with Crippen LogP contribution in [0.15, 0.2) is 27.6 Å². The monoisotopic (exact) mass is 302 g/mol. The van der Waals surface area contributed by atoms with Crippen molar-refractivity contribution in [2.24, 2.45) is 0 Å². The molecule has 0 aliphatic rings. The molecule has 0 spiro atoms. The molecule has 1 heterocycles. The molecular weight excluding hydrogens is 288 g/mol. The van der Waals surface area contributed by atoms with Gasteiger partial charge in [0.15, 0.2) is 0 Å². The Kier molecular flexibility index (Phi) is 4.89. The first-order valence-electron chi connectivity index (χ1n) is 5.18. The highest BCUT2D eigenvalue weighted by atomic mass is 79.9. The van der Waals surface area contributed by atoms with Gasteiger partial charge in [0.05, 0.1) is 12.6 Å². The Hall–Kier alpha value is -1.14. The lowest BCUT2D eigenvalue weighted by molar-refractivity contribution is -0.133. The summed E-state index contributed by atoms with van der Waals surface area (Å²) in [5, 5.41) is 8.95. The van der Waals surface area contributed by atoms with Crippen LogP contribution in [-0.4, -0.2) is 40.2 Å². The summed E-state index contributed by atoms with van der Waals surface area (Å²) in [5.41, 5.74) is -0.230. The van der Waals surface area contributed by atoms with Crippen LogP contribution in [0.5, 0.6) is 0 Å². The number of hydrogen-bond acceptors (Lipinski definition) is 3. The highest BCUT2D eigenvalue weighted by molar-refractivity contribution is 9.10. The summed E-state index contributed by atoms with van der Waals surface area (Å²) in [6.45, 7) is 1.61. The van der Waals surface area contributed by atoms with E-state index in [0.717, 1.165) is 4.47 Å². The molecular formula is C11H15BrN2O3. The highest BCUT2D eigenvalue weighted by Crippen LogP contribution is 2.05. The van der Waals surface area contributed by atoms with E-state index < -0.39 is 0 Å². The second kappa shape index (κ2) is 5.97. The third kappa shape index (κ3) is 3.67. The molecule has 0 aliphatic heterocycles. The van der Waals surface area contributed by atoms with E-state index in [0.29, 0.717) is 0 Å². The summed E-state index contributed by atoms with van der Waals surface area (Å²) in [5.74, 6) is -0.216. The number of carbonyl (C=O) groups is 1. The van der Waals surface area contributed by atoms with Gasteiger partial charge >= 0.3 is 0 Å². The van der Waals surface area contributed by atoms with Crippen molar-refractivity contribution in [3.05, 3.63) is 33.2 Å². The van der Waals surface area contributed by atoms with Crippen molar-refractivity contribution in [1.82, 2.24) is 9.47 Å². The Morgan fingerprint density at radius 3 is 2.82 bits per heavy atom. The second-order valence-corrected chi connectivity index (χ2v) is 4.77. The Labute approximate surface area is 108 Å². The summed E-state index contributed by atoms with van der Waals surface area (Å²) >= 11 is 3.24. The van der Waals surface area contributed by atoms with Gasteiger partial charge < -0.3 is 14.6 Å². The van der Waals surface area contributed by atoms with Crippen LogP contribution in [0.2, 0.25) is 0 Å². The first-order chi connectivity index (χ1) is 7.95. The van der Waals surface area contributed by atoms with Crippen LogP contribution in [0.3, 0.4) is 0 Å². The fourth-order valence-corrected chi connectivity index (χ4v) is 1.63. The van der Waals surface area contributed by atoms with E-state index in [2.05, 4.69) is 15.9 Å². The van der Waals surface area contributed by atoms with E-state index in [1.807, 2.05) is 0 Å². The Balaban J connectivity index is 2.81. The number of aromatic nitrogens is 1. The zero-order chi connectivity index (χ0) is 13.0. The van der Waals surface area contributed by atoms with Crippen LogP contribution in [0.4, 0.5) is 0 Å². The average Bonchev–Trinajstić information content (AvgIpc) is 2.31. The second-order valence-electron chi connectivity index (χ2n) is 3.85. The Bertz CT molecular complexity index is 458. The van der Waals surface area contributed by atoms with Crippen LogP contribution >= 0.6 is 15.9 Å². The molecule has 1 aromatic heterocycles.